The maximum absolute atomic E-state index is 12.0. The number of rotatable bonds is 8. The van der Waals surface area contributed by atoms with Gasteiger partial charge in [-0.25, -0.2) is 0 Å². The molecule has 0 spiro atoms. The first-order chi connectivity index (χ1) is 9.97. The lowest BCUT2D eigenvalue weighted by Crippen LogP contribution is -2.41. The molecule has 0 aliphatic heterocycles. The van der Waals surface area contributed by atoms with Crippen LogP contribution in [-0.2, 0) is 4.79 Å². The second kappa shape index (κ2) is 8.67. The number of carbonyl (C=O) groups is 1. The molecule has 1 rings (SSSR count). The molecule has 0 aliphatic carbocycles. The van der Waals surface area contributed by atoms with E-state index >= 15 is 0 Å². The second-order valence-electron chi connectivity index (χ2n) is 5.54. The third-order valence-corrected chi connectivity index (χ3v) is 3.54. The fraction of sp³-hybridized carbons (Fsp3) is 0.588. The maximum atomic E-state index is 12.0. The lowest BCUT2D eigenvalue weighted by atomic mass is 10.1. The highest BCUT2D eigenvalue weighted by Gasteiger charge is 2.16. The lowest BCUT2D eigenvalue weighted by molar-refractivity contribution is -0.127. The first kappa shape index (κ1) is 17.5. The Morgan fingerprint density at radius 2 is 1.86 bits per heavy atom. The van der Waals surface area contributed by atoms with Gasteiger partial charge in [-0.3, -0.25) is 4.79 Å². The first-order valence-corrected chi connectivity index (χ1v) is 7.80. The summed E-state index contributed by atoms with van der Waals surface area (Å²) in [7, 11) is 0. The van der Waals surface area contributed by atoms with Gasteiger partial charge in [0.05, 0.1) is 0 Å². The van der Waals surface area contributed by atoms with E-state index in [1.54, 1.807) is 6.92 Å². The number of ether oxygens (including phenoxy) is 1. The fourth-order valence-corrected chi connectivity index (χ4v) is 2.15. The SMILES string of the molecule is CCCC(C)NC(=O)C(C)Oc1ccc([C@H](N)CC)cc1. The standard InChI is InChI=1S/C17H28N2O2/c1-5-7-12(3)19-17(20)13(4)21-15-10-8-14(9-11-15)16(18)6-2/h8-13,16H,5-7,18H2,1-4H3,(H,19,20)/t12?,13?,16-/m1/s1. The van der Waals surface area contributed by atoms with Crippen LogP contribution in [0.5, 0.6) is 5.75 Å². The molecule has 0 heterocycles. The Morgan fingerprint density at radius 1 is 1.24 bits per heavy atom. The van der Waals surface area contributed by atoms with Crippen LogP contribution >= 0.6 is 0 Å². The van der Waals surface area contributed by atoms with Gasteiger partial charge in [-0.2, -0.15) is 0 Å². The van der Waals surface area contributed by atoms with Gasteiger partial charge < -0.3 is 15.8 Å². The van der Waals surface area contributed by atoms with Crippen LogP contribution < -0.4 is 15.8 Å². The van der Waals surface area contributed by atoms with Crippen LogP contribution in [0, 0.1) is 0 Å². The van der Waals surface area contributed by atoms with Gasteiger partial charge in [0.1, 0.15) is 5.75 Å². The zero-order chi connectivity index (χ0) is 15.8. The quantitative estimate of drug-likeness (QED) is 0.773. The number of hydrogen-bond acceptors (Lipinski definition) is 3. The lowest BCUT2D eigenvalue weighted by Gasteiger charge is -2.18. The Bertz CT molecular complexity index is 431. The summed E-state index contributed by atoms with van der Waals surface area (Å²) in [5.41, 5.74) is 7.05. The third kappa shape index (κ3) is 5.76. The molecule has 0 saturated heterocycles. The van der Waals surface area contributed by atoms with Crippen LogP contribution in [0.4, 0.5) is 0 Å². The topological polar surface area (TPSA) is 64.3 Å². The van der Waals surface area contributed by atoms with E-state index in [0.29, 0.717) is 5.75 Å². The zero-order valence-electron chi connectivity index (χ0n) is 13.6. The van der Waals surface area contributed by atoms with Gasteiger partial charge in [-0.15, -0.1) is 0 Å². The van der Waals surface area contributed by atoms with Gasteiger partial charge >= 0.3 is 0 Å². The molecule has 1 aromatic rings. The van der Waals surface area contributed by atoms with Crippen molar-refractivity contribution in [2.45, 2.75) is 65.1 Å². The largest absolute Gasteiger partial charge is 0.481 e. The summed E-state index contributed by atoms with van der Waals surface area (Å²) in [6, 6.07) is 7.86. The number of hydrogen-bond donors (Lipinski definition) is 2. The van der Waals surface area contributed by atoms with Crippen LogP contribution in [0.3, 0.4) is 0 Å². The summed E-state index contributed by atoms with van der Waals surface area (Å²) in [6.45, 7) is 7.93. The zero-order valence-corrected chi connectivity index (χ0v) is 13.6. The molecular formula is C17H28N2O2. The maximum Gasteiger partial charge on any atom is 0.260 e. The second-order valence-corrected chi connectivity index (χ2v) is 5.54. The minimum Gasteiger partial charge on any atom is -0.481 e. The van der Waals surface area contributed by atoms with Gasteiger partial charge in [-0.1, -0.05) is 32.4 Å². The summed E-state index contributed by atoms with van der Waals surface area (Å²) in [6.07, 6.45) is 2.42. The summed E-state index contributed by atoms with van der Waals surface area (Å²) >= 11 is 0. The molecule has 4 nitrogen and oxygen atoms in total. The molecule has 3 N–H and O–H groups in total. The smallest absolute Gasteiger partial charge is 0.260 e. The molecule has 1 aromatic carbocycles. The predicted octanol–water partition coefficient (Wildman–Crippen LogP) is 3.17. The minimum absolute atomic E-state index is 0.0506. The van der Waals surface area contributed by atoms with Crippen molar-refractivity contribution < 1.29 is 9.53 Å². The van der Waals surface area contributed by atoms with Crippen molar-refractivity contribution >= 4 is 5.91 Å². The van der Waals surface area contributed by atoms with Gasteiger partial charge in [0, 0.05) is 12.1 Å². The Morgan fingerprint density at radius 3 is 2.38 bits per heavy atom. The number of nitrogens with one attached hydrogen (secondary N) is 1. The molecule has 1 amide bonds. The molecule has 0 aromatic heterocycles. The van der Waals surface area contributed by atoms with E-state index in [1.165, 1.54) is 0 Å². The Balaban J connectivity index is 2.54. The molecule has 2 unspecified atom stereocenters. The van der Waals surface area contributed by atoms with Crippen LogP contribution in [-0.4, -0.2) is 18.1 Å². The average molecular weight is 292 g/mol. The summed E-state index contributed by atoms with van der Waals surface area (Å²) < 4.78 is 5.67. The highest BCUT2D eigenvalue weighted by Crippen LogP contribution is 2.19. The molecule has 0 radical (unpaired) electrons. The normalized spacial score (nSPS) is 15.1. The summed E-state index contributed by atoms with van der Waals surface area (Å²) in [5, 5.41) is 2.96. The molecule has 0 aliphatic rings. The van der Waals surface area contributed by atoms with Crippen molar-refractivity contribution in [3.8, 4) is 5.75 Å². The molecule has 0 saturated carbocycles. The van der Waals surface area contributed by atoms with Crippen LogP contribution in [0.1, 0.15) is 58.6 Å². The van der Waals surface area contributed by atoms with Crippen molar-refractivity contribution in [3.63, 3.8) is 0 Å². The summed E-state index contributed by atoms with van der Waals surface area (Å²) in [4.78, 5) is 12.0. The van der Waals surface area contributed by atoms with E-state index in [-0.39, 0.29) is 18.0 Å². The van der Waals surface area contributed by atoms with Crippen LogP contribution in [0.15, 0.2) is 24.3 Å². The number of nitrogens with two attached hydrogens (primary N) is 1. The van der Waals surface area contributed by atoms with Gasteiger partial charge in [0.15, 0.2) is 6.10 Å². The highest BCUT2D eigenvalue weighted by atomic mass is 16.5. The molecule has 118 valence electrons. The van der Waals surface area contributed by atoms with Gasteiger partial charge in [0.25, 0.3) is 5.91 Å². The van der Waals surface area contributed by atoms with E-state index in [9.17, 15) is 4.79 Å². The number of carbonyl (C=O) groups excluding carboxylic acids is 1. The monoisotopic (exact) mass is 292 g/mol. The predicted molar refractivity (Wildman–Crippen MR) is 86.3 cm³/mol. The highest BCUT2D eigenvalue weighted by molar-refractivity contribution is 5.80. The van der Waals surface area contributed by atoms with E-state index in [1.807, 2.05) is 31.2 Å². The van der Waals surface area contributed by atoms with E-state index in [4.69, 9.17) is 10.5 Å². The molecule has 0 bridgehead atoms. The van der Waals surface area contributed by atoms with Crippen molar-refractivity contribution in [1.82, 2.24) is 5.32 Å². The van der Waals surface area contributed by atoms with E-state index in [0.717, 1.165) is 24.8 Å². The van der Waals surface area contributed by atoms with Crippen molar-refractivity contribution in [2.24, 2.45) is 5.73 Å². The van der Waals surface area contributed by atoms with Crippen LogP contribution in [0.2, 0.25) is 0 Å². The average Bonchev–Trinajstić information content (AvgIpc) is 2.47. The summed E-state index contributed by atoms with van der Waals surface area (Å²) in [5.74, 6) is 0.609. The molecule has 4 heteroatoms. The van der Waals surface area contributed by atoms with Crippen molar-refractivity contribution in [3.05, 3.63) is 29.8 Å². The molecule has 21 heavy (non-hydrogen) atoms. The number of amides is 1. The van der Waals surface area contributed by atoms with Crippen molar-refractivity contribution in [1.29, 1.82) is 0 Å². The number of benzene rings is 1. The van der Waals surface area contributed by atoms with E-state index < -0.39 is 6.10 Å². The Kier molecular flexibility index (Phi) is 7.23. The Labute approximate surface area is 128 Å². The minimum atomic E-state index is -0.505. The van der Waals surface area contributed by atoms with Crippen molar-refractivity contribution in [2.75, 3.05) is 0 Å². The molecule has 3 atom stereocenters. The first-order valence-electron chi connectivity index (χ1n) is 7.80. The fourth-order valence-electron chi connectivity index (χ4n) is 2.15. The Hall–Kier alpha value is -1.55. The third-order valence-electron chi connectivity index (χ3n) is 3.54. The van der Waals surface area contributed by atoms with Crippen LogP contribution in [0.25, 0.3) is 0 Å². The molecule has 0 fully saturated rings. The van der Waals surface area contributed by atoms with Gasteiger partial charge in [-0.05, 0) is 44.4 Å². The van der Waals surface area contributed by atoms with Gasteiger partial charge in [0.2, 0.25) is 0 Å². The van der Waals surface area contributed by atoms with E-state index in [2.05, 4.69) is 19.2 Å². The molecular weight excluding hydrogens is 264 g/mol.